The summed E-state index contributed by atoms with van der Waals surface area (Å²) in [5.41, 5.74) is 2.87. The summed E-state index contributed by atoms with van der Waals surface area (Å²) in [5.74, 6) is 1.43. The Hall–Kier alpha value is -2.73. The first kappa shape index (κ1) is 20.6. The zero-order valence-electron chi connectivity index (χ0n) is 16.9. The summed E-state index contributed by atoms with van der Waals surface area (Å²) in [5, 5.41) is 2.97. The number of methoxy groups -OCH3 is 2. The van der Waals surface area contributed by atoms with Crippen LogP contribution in [0.3, 0.4) is 0 Å². The van der Waals surface area contributed by atoms with E-state index in [1.54, 1.807) is 14.2 Å². The number of anilines is 2. The van der Waals surface area contributed by atoms with Crippen molar-refractivity contribution < 1.29 is 14.3 Å². The smallest absolute Gasteiger partial charge is 0.241 e. The number of nitrogens with one attached hydrogen (secondary N) is 1. The second-order valence-corrected chi connectivity index (χ2v) is 6.70. The average molecular weight is 371 g/mol. The minimum atomic E-state index is -0.301. The number of amides is 1. The summed E-state index contributed by atoms with van der Waals surface area (Å²) >= 11 is 0. The van der Waals surface area contributed by atoms with Gasteiger partial charge in [0.2, 0.25) is 5.91 Å². The molecule has 0 aliphatic carbocycles. The van der Waals surface area contributed by atoms with Gasteiger partial charge in [-0.3, -0.25) is 9.69 Å². The highest BCUT2D eigenvalue weighted by Gasteiger charge is 2.19. The molecule has 2 rings (SSSR count). The minimum absolute atomic E-state index is 0.0532. The molecule has 0 saturated heterocycles. The van der Waals surface area contributed by atoms with E-state index in [2.05, 4.69) is 5.32 Å². The minimum Gasteiger partial charge on any atom is -0.497 e. The SMILES string of the molecule is COc1ccc(CN(C)C(C)C(=O)Nc2ccc(N(C)C)cc2)c(OC)c1. The number of carbonyl (C=O) groups is 1. The zero-order valence-corrected chi connectivity index (χ0v) is 16.9. The molecule has 146 valence electrons. The largest absolute Gasteiger partial charge is 0.497 e. The molecular weight excluding hydrogens is 342 g/mol. The Morgan fingerprint density at radius 3 is 2.26 bits per heavy atom. The predicted molar refractivity (Wildman–Crippen MR) is 110 cm³/mol. The van der Waals surface area contributed by atoms with E-state index in [4.69, 9.17) is 9.47 Å². The van der Waals surface area contributed by atoms with E-state index in [9.17, 15) is 4.79 Å². The van der Waals surface area contributed by atoms with Gasteiger partial charge in [-0.25, -0.2) is 0 Å². The number of carbonyl (C=O) groups excluding carboxylic acids is 1. The Morgan fingerprint density at radius 2 is 1.70 bits per heavy atom. The summed E-state index contributed by atoms with van der Waals surface area (Å²) in [6, 6.07) is 13.2. The van der Waals surface area contributed by atoms with Crippen LogP contribution in [0.2, 0.25) is 0 Å². The molecule has 6 heteroatoms. The number of hydrogen-bond acceptors (Lipinski definition) is 5. The molecule has 1 amide bonds. The standard InChI is InChI=1S/C21H29N3O3/c1-15(21(25)22-17-8-10-18(11-9-17)23(2)3)24(4)14-16-7-12-19(26-5)13-20(16)27-6/h7-13,15H,14H2,1-6H3,(H,22,25). The van der Waals surface area contributed by atoms with Gasteiger partial charge in [-0.1, -0.05) is 6.07 Å². The van der Waals surface area contributed by atoms with Gasteiger partial charge in [0.05, 0.1) is 20.3 Å². The fourth-order valence-electron chi connectivity index (χ4n) is 2.68. The van der Waals surface area contributed by atoms with E-state index in [0.29, 0.717) is 6.54 Å². The molecule has 0 aromatic heterocycles. The van der Waals surface area contributed by atoms with E-state index in [1.165, 1.54) is 0 Å². The van der Waals surface area contributed by atoms with E-state index in [0.717, 1.165) is 28.4 Å². The normalized spacial score (nSPS) is 11.8. The summed E-state index contributed by atoms with van der Waals surface area (Å²) in [7, 11) is 9.14. The third-order valence-electron chi connectivity index (χ3n) is 4.61. The molecule has 0 heterocycles. The maximum absolute atomic E-state index is 12.6. The molecule has 0 saturated carbocycles. The lowest BCUT2D eigenvalue weighted by atomic mass is 10.1. The zero-order chi connectivity index (χ0) is 20.0. The summed E-state index contributed by atoms with van der Waals surface area (Å²) in [6.45, 7) is 2.47. The average Bonchev–Trinajstić information content (AvgIpc) is 2.67. The van der Waals surface area contributed by atoms with Crippen molar-refractivity contribution in [1.29, 1.82) is 0 Å². The van der Waals surface area contributed by atoms with Crippen LogP contribution < -0.4 is 19.7 Å². The molecule has 0 fully saturated rings. The Morgan fingerprint density at radius 1 is 1.04 bits per heavy atom. The molecule has 0 aliphatic heterocycles. The number of benzene rings is 2. The molecule has 1 unspecified atom stereocenters. The lowest BCUT2D eigenvalue weighted by Crippen LogP contribution is -2.39. The molecule has 27 heavy (non-hydrogen) atoms. The Bertz CT molecular complexity index is 760. The number of ether oxygens (including phenoxy) is 2. The maximum atomic E-state index is 12.6. The summed E-state index contributed by atoms with van der Waals surface area (Å²) in [6.07, 6.45) is 0. The van der Waals surface area contributed by atoms with Gasteiger partial charge in [-0.05, 0) is 44.3 Å². The fraction of sp³-hybridized carbons (Fsp3) is 0.381. The van der Waals surface area contributed by atoms with Gasteiger partial charge in [0.15, 0.2) is 0 Å². The van der Waals surface area contributed by atoms with Crippen LogP contribution in [-0.2, 0) is 11.3 Å². The van der Waals surface area contributed by atoms with Crippen LogP contribution >= 0.6 is 0 Å². The van der Waals surface area contributed by atoms with Crippen molar-refractivity contribution in [1.82, 2.24) is 4.90 Å². The first-order valence-electron chi connectivity index (χ1n) is 8.85. The topological polar surface area (TPSA) is 54.0 Å². The van der Waals surface area contributed by atoms with Gasteiger partial charge in [-0.15, -0.1) is 0 Å². The molecule has 6 nitrogen and oxygen atoms in total. The van der Waals surface area contributed by atoms with Crippen molar-refractivity contribution >= 4 is 17.3 Å². The first-order valence-corrected chi connectivity index (χ1v) is 8.85. The first-order chi connectivity index (χ1) is 12.8. The van der Waals surface area contributed by atoms with Gasteiger partial charge in [0.25, 0.3) is 0 Å². The molecule has 0 spiro atoms. The Balaban J connectivity index is 2.01. The molecule has 1 atom stereocenters. The van der Waals surface area contributed by atoms with Crippen molar-refractivity contribution in [3.8, 4) is 11.5 Å². The van der Waals surface area contributed by atoms with Crippen LogP contribution in [0.25, 0.3) is 0 Å². The van der Waals surface area contributed by atoms with Gasteiger partial charge < -0.3 is 19.7 Å². The molecular formula is C21H29N3O3. The van der Waals surface area contributed by atoms with Crippen molar-refractivity contribution in [2.24, 2.45) is 0 Å². The molecule has 2 aromatic carbocycles. The molecule has 0 aliphatic rings. The van der Waals surface area contributed by atoms with Crippen molar-refractivity contribution in [3.05, 3.63) is 48.0 Å². The third-order valence-corrected chi connectivity index (χ3v) is 4.61. The molecule has 1 N–H and O–H groups in total. The lowest BCUT2D eigenvalue weighted by Gasteiger charge is -2.25. The number of hydrogen-bond donors (Lipinski definition) is 1. The van der Waals surface area contributed by atoms with Crippen LogP contribution in [0, 0.1) is 0 Å². The second-order valence-electron chi connectivity index (χ2n) is 6.70. The van der Waals surface area contributed by atoms with Crippen LogP contribution in [0.15, 0.2) is 42.5 Å². The van der Waals surface area contributed by atoms with Crippen molar-refractivity contribution in [2.75, 3.05) is 45.6 Å². The van der Waals surface area contributed by atoms with E-state index >= 15 is 0 Å². The molecule has 0 bridgehead atoms. The Kier molecular flexibility index (Phi) is 7.07. The van der Waals surface area contributed by atoms with Crippen molar-refractivity contribution in [3.63, 3.8) is 0 Å². The van der Waals surface area contributed by atoms with Gasteiger partial charge >= 0.3 is 0 Å². The van der Waals surface area contributed by atoms with E-state index < -0.39 is 0 Å². The third kappa shape index (κ3) is 5.37. The van der Waals surface area contributed by atoms with Gasteiger partial charge in [0.1, 0.15) is 11.5 Å². The number of rotatable bonds is 8. The number of nitrogens with zero attached hydrogens (tertiary/aromatic N) is 2. The highest BCUT2D eigenvalue weighted by atomic mass is 16.5. The van der Waals surface area contributed by atoms with E-state index in [1.807, 2.05) is 80.3 Å². The quantitative estimate of drug-likeness (QED) is 0.772. The second kappa shape index (κ2) is 9.28. The molecule has 0 radical (unpaired) electrons. The fourth-order valence-corrected chi connectivity index (χ4v) is 2.68. The van der Waals surface area contributed by atoms with Crippen LogP contribution in [0.1, 0.15) is 12.5 Å². The van der Waals surface area contributed by atoms with Gasteiger partial charge in [-0.2, -0.15) is 0 Å². The number of likely N-dealkylation sites (N-methyl/N-ethyl adjacent to an activating group) is 1. The van der Waals surface area contributed by atoms with Crippen LogP contribution in [-0.4, -0.2) is 52.2 Å². The lowest BCUT2D eigenvalue weighted by molar-refractivity contribution is -0.120. The Labute approximate surface area is 161 Å². The highest BCUT2D eigenvalue weighted by molar-refractivity contribution is 5.94. The van der Waals surface area contributed by atoms with Crippen LogP contribution in [0.5, 0.6) is 11.5 Å². The van der Waals surface area contributed by atoms with Crippen LogP contribution in [0.4, 0.5) is 11.4 Å². The van der Waals surface area contributed by atoms with E-state index in [-0.39, 0.29) is 11.9 Å². The maximum Gasteiger partial charge on any atom is 0.241 e. The monoisotopic (exact) mass is 371 g/mol. The molecule has 2 aromatic rings. The van der Waals surface area contributed by atoms with Gasteiger partial charge in [0, 0.05) is 43.6 Å². The predicted octanol–water partition coefficient (Wildman–Crippen LogP) is 3.23. The van der Waals surface area contributed by atoms with Crippen molar-refractivity contribution in [2.45, 2.75) is 19.5 Å². The summed E-state index contributed by atoms with van der Waals surface area (Å²) < 4.78 is 10.7. The highest BCUT2D eigenvalue weighted by Crippen LogP contribution is 2.26. The summed E-state index contributed by atoms with van der Waals surface area (Å²) in [4.78, 5) is 16.6.